The lowest BCUT2D eigenvalue weighted by atomic mass is 9.97. The van der Waals surface area contributed by atoms with Crippen LogP contribution in [0.4, 0.5) is 0 Å². The molecule has 2 rings (SSSR count). The van der Waals surface area contributed by atoms with E-state index >= 15 is 0 Å². The summed E-state index contributed by atoms with van der Waals surface area (Å²) >= 11 is 0. The van der Waals surface area contributed by atoms with Gasteiger partial charge in [0.25, 0.3) is 5.78 Å². The Hall–Kier alpha value is -3.03. The zero-order valence-electron chi connectivity index (χ0n) is 16.3. The fraction of sp³-hybridized carbons (Fsp3) is 0.286. The molecule has 28 heavy (non-hydrogen) atoms. The van der Waals surface area contributed by atoms with Crippen molar-refractivity contribution in [3.05, 3.63) is 70.3 Å². The Morgan fingerprint density at radius 3 is 1.64 bits per heavy atom. The highest BCUT2D eigenvalue weighted by molar-refractivity contribution is 6.40. The molecule has 0 aliphatic heterocycles. The van der Waals surface area contributed by atoms with Crippen molar-refractivity contribution in [2.45, 2.75) is 33.8 Å². The minimum atomic E-state index is -1.40. The number of carbonyl (C=O) groups is 3. The standard InChI is InChI=1S/C11H12O3.C7H6O2.C3H8O2/c1-6-4-7(2)9(8(3)5-6)10(12)11(13)14;8-7(9)6-4-2-1-3-5-6;1-3(5)2-4/h4-5H,1-3H3,(H,13,14);1-5H,(H,8,9);3-5H,2H2,1H3. The summed E-state index contributed by atoms with van der Waals surface area (Å²) < 4.78 is 0. The van der Waals surface area contributed by atoms with E-state index in [0.717, 1.165) is 16.7 Å². The Kier molecular flexibility index (Phi) is 11.0. The minimum absolute atomic E-state index is 0.139. The number of Topliss-reactive ketones (excluding diaryl/α,β-unsaturated/α-hetero) is 1. The number of carboxylic acids is 2. The smallest absolute Gasteiger partial charge is 0.377 e. The molecule has 0 heterocycles. The Balaban J connectivity index is 0.000000445. The van der Waals surface area contributed by atoms with Crippen LogP contribution in [-0.2, 0) is 4.79 Å². The van der Waals surface area contributed by atoms with Crippen LogP contribution in [0.25, 0.3) is 0 Å². The monoisotopic (exact) mass is 390 g/mol. The summed E-state index contributed by atoms with van der Waals surface area (Å²) in [4.78, 5) is 32.0. The quantitative estimate of drug-likeness (QED) is 0.466. The van der Waals surface area contributed by atoms with E-state index in [1.54, 1.807) is 44.2 Å². The lowest BCUT2D eigenvalue weighted by Crippen LogP contribution is -2.15. The molecule has 2 aromatic carbocycles. The van der Waals surface area contributed by atoms with E-state index in [4.69, 9.17) is 20.4 Å². The van der Waals surface area contributed by atoms with Crippen molar-refractivity contribution < 1.29 is 34.8 Å². The number of rotatable bonds is 4. The molecule has 0 saturated carbocycles. The van der Waals surface area contributed by atoms with Gasteiger partial charge in [-0.05, 0) is 51.0 Å². The van der Waals surface area contributed by atoms with Gasteiger partial charge in [0.1, 0.15) is 0 Å². The third-order valence-corrected chi connectivity index (χ3v) is 3.38. The number of aliphatic hydroxyl groups is 2. The van der Waals surface area contributed by atoms with Gasteiger partial charge in [0, 0.05) is 5.56 Å². The van der Waals surface area contributed by atoms with Crippen LogP contribution >= 0.6 is 0 Å². The molecular formula is C21H26O7. The molecule has 0 spiro atoms. The van der Waals surface area contributed by atoms with Crippen LogP contribution in [0, 0.1) is 20.8 Å². The third-order valence-electron chi connectivity index (χ3n) is 3.38. The van der Waals surface area contributed by atoms with Crippen LogP contribution in [0.2, 0.25) is 0 Å². The van der Waals surface area contributed by atoms with E-state index < -0.39 is 23.8 Å². The average Bonchev–Trinajstić information content (AvgIpc) is 2.62. The molecule has 1 unspecified atom stereocenters. The largest absolute Gasteiger partial charge is 0.478 e. The van der Waals surface area contributed by atoms with Gasteiger partial charge in [-0.1, -0.05) is 35.9 Å². The number of carboxylic acid groups (broad SMARTS) is 2. The molecular weight excluding hydrogens is 364 g/mol. The van der Waals surface area contributed by atoms with Crippen molar-refractivity contribution in [3.8, 4) is 0 Å². The average molecular weight is 390 g/mol. The molecule has 0 aromatic heterocycles. The van der Waals surface area contributed by atoms with Crippen molar-refractivity contribution >= 4 is 17.7 Å². The van der Waals surface area contributed by atoms with Crippen molar-refractivity contribution in [2.24, 2.45) is 0 Å². The van der Waals surface area contributed by atoms with Crippen LogP contribution in [0.1, 0.15) is 44.3 Å². The number of carbonyl (C=O) groups excluding carboxylic acids is 1. The maximum Gasteiger partial charge on any atom is 0.377 e. The van der Waals surface area contributed by atoms with E-state index in [1.807, 2.05) is 19.1 Å². The molecule has 4 N–H and O–H groups in total. The normalized spacial score (nSPS) is 10.5. The molecule has 0 amide bonds. The molecule has 0 aliphatic rings. The summed E-state index contributed by atoms with van der Waals surface area (Å²) in [6.45, 7) is 6.79. The van der Waals surface area contributed by atoms with E-state index in [9.17, 15) is 14.4 Å². The molecule has 0 fully saturated rings. The fourth-order valence-corrected chi connectivity index (χ4v) is 2.23. The summed E-state index contributed by atoms with van der Waals surface area (Å²) in [5.41, 5.74) is 3.10. The first kappa shape index (κ1) is 25.0. The zero-order chi connectivity index (χ0) is 21.9. The Labute approximate surface area is 163 Å². The SMILES string of the molecule is CC(O)CO.Cc1cc(C)c(C(=O)C(=O)O)c(C)c1.O=C(O)c1ccccc1. The first-order valence-corrected chi connectivity index (χ1v) is 8.43. The molecule has 0 aliphatic carbocycles. The van der Waals surface area contributed by atoms with E-state index in [-0.39, 0.29) is 6.61 Å². The van der Waals surface area contributed by atoms with Gasteiger partial charge in [0.05, 0.1) is 18.3 Å². The molecule has 0 saturated heterocycles. The lowest BCUT2D eigenvalue weighted by Gasteiger charge is -2.07. The van der Waals surface area contributed by atoms with Gasteiger partial charge in [-0.3, -0.25) is 4.79 Å². The summed E-state index contributed by atoms with van der Waals surface area (Å²) in [5.74, 6) is -3.12. The number of aryl methyl sites for hydroxylation is 3. The second-order valence-corrected chi connectivity index (χ2v) is 6.11. The molecule has 152 valence electrons. The highest BCUT2D eigenvalue weighted by Crippen LogP contribution is 2.16. The van der Waals surface area contributed by atoms with E-state index in [2.05, 4.69) is 0 Å². The first-order valence-electron chi connectivity index (χ1n) is 8.43. The van der Waals surface area contributed by atoms with Gasteiger partial charge in [-0.15, -0.1) is 0 Å². The van der Waals surface area contributed by atoms with Gasteiger partial charge >= 0.3 is 11.9 Å². The minimum Gasteiger partial charge on any atom is -0.478 e. The Morgan fingerprint density at radius 1 is 0.929 bits per heavy atom. The van der Waals surface area contributed by atoms with Crippen molar-refractivity contribution in [3.63, 3.8) is 0 Å². The van der Waals surface area contributed by atoms with Gasteiger partial charge in [-0.2, -0.15) is 0 Å². The van der Waals surface area contributed by atoms with Crippen LogP contribution < -0.4 is 0 Å². The van der Waals surface area contributed by atoms with Crippen LogP contribution in [0.3, 0.4) is 0 Å². The van der Waals surface area contributed by atoms with Gasteiger partial charge in [-0.25, -0.2) is 9.59 Å². The van der Waals surface area contributed by atoms with Crippen LogP contribution in [-0.4, -0.2) is 50.9 Å². The van der Waals surface area contributed by atoms with Crippen molar-refractivity contribution in [1.82, 2.24) is 0 Å². The van der Waals surface area contributed by atoms with Crippen molar-refractivity contribution in [2.75, 3.05) is 6.61 Å². The molecule has 7 heteroatoms. The number of ketones is 1. The predicted molar refractivity (Wildman–Crippen MR) is 105 cm³/mol. The topological polar surface area (TPSA) is 132 Å². The highest BCUT2D eigenvalue weighted by Gasteiger charge is 2.19. The fourth-order valence-electron chi connectivity index (χ4n) is 2.23. The third kappa shape index (κ3) is 9.07. The lowest BCUT2D eigenvalue weighted by molar-refractivity contribution is -0.131. The number of benzene rings is 2. The number of aliphatic carboxylic acids is 1. The molecule has 1 atom stereocenters. The molecule has 0 bridgehead atoms. The molecule has 2 aromatic rings. The second-order valence-electron chi connectivity index (χ2n) is 6.11. The van der Waals surface area contributed by atoms with E-state index in [1.165, 1.54) is 6.92 Å². The zero-order valence-corrected chi connectivity index (χ0v) is 16.3. The Bertz CT molecular complexity index is 773. The van der Waals surface area contributed by atoms with E-state index in [0.29, 0.717) is 11.1 Å². The maximum atomic E-state index is 11.3. The number of aliphatic hydroxyl groups excluding tert-OH is 2. The number of hydrogen-bond donors (Lipinski definition) is 4. The summed E-state index contributed by atoms with van der Waals surface area (Å²) in [7, 11) is 0. The summed E-state index contributed by atoms with van der Waals surface area (Å²) in [6, 6.07) is 11.9. The number of hydrogen-bond acceptors (Lipinski definition) is 5. The first-order chi connectivity index (χ1) is 13.0. The van der Waals surface area contributed by atoms with Gasteiger partial charge < -0.3 is 20.4 Å². The molecule has 7 nitrogen and oxygen atoms in total. The van der Waals surface area contributed by atoms with Crippen molar-refractivity contribution in [1.29, 1.82) is 0 Å². The maximum absolute atomic E-state index is 11.3. The van der Waals surface area contributed by atoms with Crippen LogP contribution in [0.15, 0.2) is 42.5 Å². The Morgan fingerprint density at radius 2 is 1.36 bits per heavy atom. The highest BCUT2D eigenvalue weighted by atomic mass is 16.4. The van der Waals surface area contributed by atoms with Crippen LogP contribution in [0.5, 0.6) is 0 Å². The second kappa shape index (κ2) is 12.4. The summed E-state index contributed by atoms with van der Waals surface area (Å²) in [6.07, 6.45) is -0.560. The molecule has 0 radical (unpaired) electrons. The number of aromatic carboxylic acids is 1. The predicted octanol–water partition coefficient (Wildman–Crippen LogP) is 2.62. The van der Waals surface area contributed by atoms with Gasteiger partial charge in [0.2, 0.25) is 0 Å². The summed E-state index contributed by atoms with van der Waals surface area (Å²) in [5, 5.41) is 33.0. The van der Waals surface area contributed by atoms with Gasteiger partial charge in [0.15, 0.2) is 0 Å².